The second-order valence-corrected chi connectivity index (χ2v) is 6.87. The van der Waals surface area contributed by atoms with Gasteiger partial charge in [-0.3, -0.25) is 4.90 Å². The lowest BCUT2D eigenvalue weighted by Gasteiger charge is -2.17. The summed E-state index contributed by atoms with van der Waals surface area (Å²) in [7, 11) is 0. The highest BCUT2D eigenvalue weighted by Crippen LogP contribution is 2.33. The van der Waals surface area contributed by atoms with Crippen LogP contribution in [-0.4, -0.2) is 23.1 Å². The third kappa shape index (κ3) is 3.76. The van der Waals surface area contributed by atoms with E-state index in [1.54, 1.807) is 36.4 Å². The Kier molecular flexibility index (Phi) is 5.23. The molecule has 2 aromatic carbocycles. The van der Waals surface area contributed by atoms with Gasteiger partial charge in [0.2, 0.25) is 0 Å². The zero-order valence-electron chi connectivity index (χ0n) is 16.2. The van der Waals surface area contributed by atoms with E-state index in [-0.39, 0.29) is 42.1 Å². The molecule has 1 N–H and O–H groups in total. The van der Waals surface area contributed by atoms with Crippen LogP contribution in [0.1, 0.15) is 5.56 Å². The second-order valence-electron chi connectivity index (χ2n) is 6.87. The zero-order valence-corrected chi connectivity index (χ0v) is 16.2. The van der Waals surface area contributed by atoms with E-state index in [2.05, 4.69) is 0 Å². The second kappa shape index (κ2) is 8.15. The number of phenols is 1. The Balaban J connectivity index is 1.96. The van der Waals surface area contributed by atoms with Crippen LogP contribution in [0.5, 0.6) is 5.75 Å². The van der Waals surface area contributed by atoms with Gasteiger partial charge in [0.05, 0.1) is 36.4 Å². The summed E-state index contributed by atoms with van der Waals surface area (Å²) in [5.41, 5.74) is -0.100. The molecule has 0 unspecified atom stereocenters. The summed E-state index contributed by atoms with van der Waals surface area (Å²) in [4.78, 5) is 26.5. The number of nitriles is 2. The number of fused-ring (bicyclic) bond motifs is 2. The van der Waals surface area contributed by atoms with E-state index in [4.69, 9.17) is 19.4 Å². The van der Waals surface area contributed by atoms with Crippen molar-refractivity contribution in [2.24, 2.45) is 0 Å². The van der Waals surface area contributed by atoms with Gasteiger partial charge in [0.15, 0.2) is 0 Å². The van der Waals surface area contributed by atoms with Gasteiger partial charge in [-0.15, -0.1) is 0 Å². The van der Waals surface area contributed by atoms with E-state index in [0.717, 1.165) is 0 Å². The predicted molar refractivity (Wildman–Crippen MR) is 112 cm³/mol. The average Bonchev–Trinajstić information content (AvgIpc) is 2.75. The van der Waals surface area contributed by atoms with Crippen molar-refractivity contribution in [1.29, 1.82) is 10.5 Å². The van der Waals surface area contributed by atoms with E-state index < -0.39 is 11.3 Å². The molecule has 4 aromatic rings. The molecule has 0 saturated carbocycles. The predicted octanol–water partition coefficient (Wildman–Crippen LogP) is 3.12. The fourth-order valence-electron chi connectivity index (χ4n) is 3.49. The molecule has 0 radical (unpaired) electrons. The summed E-state index contributed by atoms with van der Waals surface area (Å²) in [6.45, 7) is -0.105. The molecule has 2 aromatic heterocycles. The van der Waals surface area contributed by atoms with Gasteiger partial charge in [0.1, 0.15) is 16.9 Å². The lowest BCUT2D eigenvalue weighted by molar-refractivity contribution is 0.326. The number of aromatic hydroxyl groups is 1. The molecule has 31 heavy (non-hydrogen) atoms. The van der Waals surface area contributed by atoms with Crippen LogP contribution in [0.15, 0.2) is 67.0 Å². The highest BCUT2D eigenvalue weighted by Gasteiger charge is 2.19. The first-order valence-electron chi connectivity index (χ1n) is 9.30. The van der Waals surface area contributed by atoms with Crippen molar-refractivity contribution in [1.82, 2.24) is 4.90 Å². The third-order valence-electron chi connectivity index (χ3n) is 4.89. The lowest BCUT2D eigenvalue weighted by Crippen LogP contribution is -2.24. The van der Waals surface area contributed by atoms with E-state index >= 15 is 0 Å². The number of phenolic OH excluding ortho intramolecular Hbond substituents is 1. The molecule has 4 rings (SSSR count). The van der Waals surface area contributed by atoms with E-state index in [1.165, 1.54) is 17.0 Å². The van der Waals surface area contributed by atoms with Gasteiger partial charge in [-0.1, -0.05) is 18.2 Å². The Bertz CT molecular complexity index is 1490. The van der Waals surface area contributed by atoms with Crippen LogP contribution in [0.4, 0.5) is 0 Å². The highest BCUT2D eigenvalue weighted by atomic mass is 16.4. The topological polar surface area (TPSA) is 131 Å². The molecule has 0 aliphatic carbocycles. The normalized spacial score (nSPS) is 10.9. The number of hydrogen-bond acceptors (Lipinski definition) is 8. The number of para-hydroxylation sites is 1. The van der Waals surface area contributed by atoms with Crippen LogP contribution in [0.2, 0.25) is 0 Å². The smallest absolute Gasteiger partial charge is 0.344 e. The number of nitrogens with zero attached hydrogens (tertiary/aromatic N) is 3. The maximum atomic E-state index is 12.7. The fourth-order valence-corrected chi connectivity index (χ4v) is 3.49. The minimum Gasteiger partial charge on any atom is -0.507 e. The van der Waals surface area contributed by atoms with Crippen LogP contribution in [0, 0.1) is 22.7 Å². The number of benzene rings is 2. The van der Waals surface area contributed by atoms with Crippen LogP contribution >= 0.6 is 0 Å². The molecule has 0 bridgehead atoms. The Morgan fingerprint density at radius 3 is 2.42 bits per heavy atom. The monoisotopic (exact) mass is 413 g/mol. The van der Waals surface area contributed by atoms with Crippen LogP contribution in [0.25, 0.3) is 33.1 Å². The van der Waals surface area contributed by atoms with Gasteiger partial charge in [-0.05, 0) is 24.3 Å². The molecule has 0 spiro atoms. The molecule has 2 heterocycles. The van der Waals surface area contributed by atoms with Crippen LogP contribution < -0.4 is 11.3 Å². The Morgan fingerprint density at radius 1 is 0.935 bits per heavy atom. The van der Waals surface area contributed by atoms with E-state index in [9.17, 15) is 14.7 Å². The largest absolute Gasteiger partial charge is 0.507 e. The van der Waals surface area contributed by atoms with E-state index in [1.807, 2.05) is 12.1 Å². The molecular weight excluding hydrogens is 398 g/mol. The Morgan fingerprint density at radius 2 is 1.68 bits per heavy atom. The van der Waals surface area contributed by atoms with Crippen molar-refractivity contribution in [2.75, 3.05) is 13.1 Å². The van der Waals surface area contributed by atoms with Crippen molar-refractivity contribution >= 4 is 21.9 Å². The molecule has 0 saturated heterocycles. The van der Waals surface area contributed by atoms with Gasteiger partial charge in [0, 0.05) is 28.9 Å². The summed E-state index contributed by atoms with van der Waals surface area (Å²) < 4.78 is 10.8. The standard InChI is InChI=1S/C23H15N3O5/c24-7-9-26(10-8-25)13-18-19(27)6-5-15-16(12-21(28)31-22(15)18)17-11-14-3-1-2-4-20(14)30-23(17)29/h1-6,11-12,27H,9-10,13H2. The first kappa shape index (κ1) is 19.9. The summed E-state index contributed by atoms with van der Waals surface area (Å²) >= 11 is 0. The lowest BCUT2D eigenvalue weighted by atomic mass is 9.99. The molecule has 0 aliphatic rings. The summed E-state index contributed by atoms with van der Waals surface area (Å²) in [6, 6.07) is 16.7. The first-order chi connectivity index (χ1) is 15.0. The quantitative estimate of drug-likeness (QED) is 0.390. The maximum absolute atomic E-state index is 12.7. The van der Waals surface area contributed by atoms with Crippen molar-refractivity contribution in [2.45, 2.75) is 6.54 Å². The SMILES string of the molecule is N#CCN(CC#N)Cc1c(O)ccc2c(-c3cc4ccccc4oc3=O)cc(=O)oc12. The van der Waals surface area contributed by atoms with Crippen molar-refractivity contribution in [3.8, 4) is 29.0 Å². The molecule has 8 heteroatoms. The van der Waals surface area contributed by atoms with Crippen molar-refractivity contribution in [3.63, 3.8) is 0 Å². The Hall–Kier alpha value is -4.40. The van der Waals surface area contributed by atoms with Crippen molar-refractivity contribution < 1.29 is 13.9 Å². The molecule has 0 aliphatic heterocycles. The fraction of sp³-hybridized carbons (Fsp3) is 0.130. The van der Waals surface area contributed by atoms with Gasteiger partial charge >= 0.3 is 11.3 Å². The third-order valence-corrected chi connectivity index (χ3v) is 4.89. The molecule has 0 fully saturated rings. The summed E-state index contributed by atoms with van der Waals surface area (Å²) in [5.74, 6) is -0.153. The number of hydrogen-bond donors (Lipinski definition) is 1. The summed E-state index contributed by atoms with van der Waals surface area (Å²) in [6.07, 6.45) is 0. The Labute approximate surface area is 175 Å². The highest BCUT2D eigenvalue weighted by molar-refractivity contribution is 5.97. The molecule has 152 valence electrons. The van der Waals surface area contributed by atoms with Crippen LogP contribution in [0.3, 0.4) is 0 Å². The van der Waals surface area contributed by atoms with Crippen molar-refractivity contribution in [3.05, 3.63) is 74.9 Å². The molecule has 0 atom stereocenters. The minimum absolute atomic E-state index is 0.00299. The average molecular weight is 413 g/mol. The van der Waals surface area contributed by atoms with Gasteiger partial charge in [-0.25, -0.2) is 9.59 Å². The first-order valence-corrected chi connectivity index (χ1v) is 9.30. The maximum Gasteiger partial charge on any atom is 0.344 e. The molecule has 0 amide bonds. The van der Waals surface area contributed by atoms with Crippen LogP contribution in [-0.2, 0) is 6.54 Å². The summed E-state index contributed by atoms with van der Waals surface area (Å²) in [5, 5.41) is 29.5. The molecule has 8 nitrogen and oxygen atoms in total. The van der Waals surface area contributed by atoms with Gasteiger partial charge < -0.3 is 13.9 Å². The van der Waals surface area contributed by atoms with E-state index in [0.29, 0.717) is 21.9 Å². The van der Waals surface area contributed by atoms with Gasteiger partial charge in [0.25, 0.3) is 0 Å². The van der Waals surface area contributed by atoms with Gasteiger partial charge in [-0.2, -0.15) is 10.5 Å². The minimum atomic E-state index is -0.714. The zero-order chi connectivity index (χ0) is 22.0. The molecular formula is C23H15N3O5. The number of rotatable bonds is 5.